The Hall–Kier alpha value is -0.640. The van der Waals surface area contributed by atoms with Crippen LogP contribution < -0.4 is 10.0 Å². The van der Waals surface area contributed by atoms with Gasteiger partial charge in [0.25, 0.3) is 0 Å². The normalized spacial score (nSPS) is 21.8. The molecular weight excluding hydrogens is 428 g/mol. The standard InChI is InChI=1S/C16H25BrN2O4S2/c1-16(2,3)23-15(20)18-10-11-4-6-12(7-5-11)19-25(21,22)14-9-8-13(17)24-14/h8-9,11-12,19H,4-7,10H2,1-3H3,(H,18,20). The second-order valence-electron chi connectivity index (χ2n) is 7.28. The van der Waals surface area contributed by atoms with Gasteiger partial charge in [-0.3, -0.25) is 0 Å². The fourth-order valence-electron chi connectivity index (χ4n) is 2.75. The van der Waals surface area contributed by atoms with E-state index in [0.717, 1.165) is 29.5 Å². The van der Waals surface area contributed by atoms with Crippen molar-refractivity contribution in [2.75, 3.05) is 6.54 Å². The van der Waals surface area contributed by atoms with E-state index >= 15 is 0 Å². The van der Waals surface area contributed by atoms with Gasteiger partial charge in [0, 0.05) is 12.6 Å². The Labute approximate surface area is 161 Å². The molecule has 1 fully saturated rings. The molecule has 0 saturated heterocycles. The lowest BCUT2D eigenvalue weighted by atomic mass is 9.86. The number of thiophene rings is 1. The quantitative estimate of drug-likeness (QED) is 0.709. The largest absolute Gasteiger partial charge is 0.444 e. The van der Waals surface area contributed by atoms with Crippen molar-refractivity contribution < 1.29 is 17.9 Å². The molecular formula is C16H25BrN2O4S2. The molecule has 0 unspecified atom stereocenters. The van der Waals surface area contributed by atoms with Gasteiger partial charge >= 0.3 is 6.09 Å². The zero-order valence-corrected chi connectivity index (χ0v) is 17.9. The minimum absolute atomic E-state index is 0.0522. The van der Waals surface area contributed by atoms with Crippen LogP contribution in [0.4, 0.5) is 4.79 Å². The van der Waals surface area contributed by atoms with Gasteiger partial charge in [0.05, 0.1) is 3.79 Å². The number of hydrogen-bond acceptors (Lipinski definition) is 5. The number of halogens is 1. The molecule has 0 bridgehead atoms. The molecule has 9 heteroatoms. The lowest BCUT2D eigenvalue weighted by Crippen LogP contribution is -2.40. The minimum Gasteiger partial charge on any atom is -0.444 e. The highest BCUT2D eigenvalue weighted by atomic mass is 79.9. The van der Waals surface area contributed by atoms with Crippen LogP contribution >= 0.6 is 27.3 Å². The number of ether oxygens (including phenoxy) is 1. The molecule has 0 aliphatic heterocycles. The van der Waals surface area contributed by atoms with E-state index in [1.54, 1.807) is 12.1 Å². The molecule has 1 aliphatic rings. The molecule has 0 radical (unpaired) electrons. The predicted molar refractivity (Wildman–Crippen MR) is 102 cm³/mol. The van der Waals surface area contributed by atoms with Crippen LogP contribution in [0.15, 0.2) is 20.1 Å². The maximum atomic E-state index is 12.3. The second kappa shape index (κ2) is 8.37. The zero-order valence-electron chi connectivity index (χ0n) is 14.7. The smallest absolute Gasteiger partial charge is 0.407 e. The van der Waals surface area contributed by atoms with E-state index in [1.165, 1.54) is 11.3 Å². The highest BCUT2D eigenvalue weighted by Crippen LogP contribution is 2.28. The van der Waals surface area contributed by atoms with Crippen LogP contribution in [0, 0.1) is 5.92 Å². The third-order valence-electron chi connectivity index (χ3n) is 3.92. The molecule has 142 valence electrons. The fourth-order valence-corrected chi connectivity index (χ4v) is 6.08. The Balaban J connectivity index is 1.75. The summed E-state index contributed by atoms with van der Waals surface area (Å²) in [5, 5.41) is 2.80. The van der Waals surface area contributed by atoms with Gasteiger partial charge in [0.15, 0.2) is 0 Å². The van der Waals surface area contributed by atoms with E-state index in [1.807, 2.05) is 20.8 Å². The monoisotopic (exact) mass is 452 g/mol. The van der Waals surface area contributed by atoms with Crippen LogP contribution in [0.3, 0.4) is 0 Å². The van der Waals surface area contributed by atoms with Gasteiger partial charge in [0.2, 0.25) is 10.0 Å². The summed E-state index contributed by atoms with van der Waals surface area (Å²) in [5.74, 6) is 0.351. The van der Waals surface area contributed by atoms with Crippen molar-refractivity contribution in [2.24, 2.45) is 5.92 Å². The maximum Gasteiger partial charge on any atom is 0.407 e. The van der Waals surface area contributed by atoms with Crippen LogP contribution in [-0.4, -0.2) is 32.7 Å². The van der Waals surface area contributed by atoms with Crippen molar-refractivity contribution >= 4 is 43.4 Å². The first-order chi connectivity index (χ1) is 11.5. The summed E-state index contributed by atoms with van der Waals surface area (Å²) in [6.07, 6.45) is 2.88. The topological polar surface area (TPSA) is 84.5 Å². The van der Waals surface area contributed by atoms with Crippen molar-refractivity contribution in [3.05, 3.63) is 15.9 Å². The third kappa shape index (κ3) is 6.88. The summed E-state index contributed by atoms with van der Waals surface area (Å²) in [6, 6.07) is 3.29. The average Bonchev–Trinajstić information content (AvgIpc) is 2.92. The van der Waals surface area contributed by atoms with E-state index in [2.05, 4.69) is 26.0 Å². The minimum atomic E-state index is -3.45. The van der Waals surface area contributed by atoms with Gasteiger partial charge < -0.3 is 10.1 Å². The van der Waals surface area contributed by atoms with Gasteiger partial charge in [-0.2, -0.15) is 0 Å². The van der Waals surface area contributed by atoms with Gasteiger partial charge in [0.1, 0.15) is 9.81 Å². The van der Waals surface area contributed by atoms with Gasteiger partial charge in [-0.25, -0.2) is 17.9 Å². The number of rotatable bonds is 5. The first-order valence-electron chi connectivity index (χ1n) is 8.30. The molecule has 1 heterocycles. The van der Waals surface area contributed by atoms with Crippen molar-refractivity contribution in [1.82, 2.24) is 10.0 Å². The molecule has 1 aromatic heterocycles. The molecule has 1 amide bonds. The van der Waals surface area contributed by atoms with E-state index in [0.29, 0.717) is 16.7 Å². The number of amides is 1. The Morgan fingerprint density at radius 1 is 1.28 bits per heavy atom. The predicted octanol–water partition coefficient (Wildman–Crippen LogP) is 3.87. The number of nitrogens with one attached hydrogen (secondary N) is 2. The molecule has 1 saturated carbocycles. The summed E-state index contributed by atoms with van der Waals surface area (Å²) in [7, 11) is -3.45. The first-order valence-corrected chi connectivity index (χ1v) is 11.4. The average molecular weight is 453 g/mol. The Kier molecular flexibility index (Phi) is 6.92. The van der Waals surface area contributed by atoms with Crippen molar-refractivity contribution in [3.8, 4) is 0 Å². The molecule has 1 aromatic rings. The molecule has 25 heavy (non-hydrogen) atoms. The lowest BCUT2D eigenvalue weighted by Gasteiger charge is -2.29. The lowest BCUT2D eigenvalue weighted by molar-refractivity contribution is 0.0515. The number of carbonyl (C=O) groups is 1. The zero-order chi connectivity index (χ0) is 18.7. The van der Waals surface area contributed by atoms with Gasteiger partial charge in [-0.1, -0.05) is 0 Å². The molecule has 0 aromatic carbocycles. The van der Waals surface area contributed by atoms with Crippen LogP contribution in [0.2, 0.25) is 0 Å². The number of alkyl carbamates (subject to hydrolysis) is 1. The van der Waals surface area contributed by atoms with E-state index in [-0.39, 0.29) is 6.04 Å². The van der Waals surface area contributed by atoms with Crippen LogP contribution in [0.5, 0.6) is 0 Å². The summed E-state index contributed by atoms with van der Waals surface area (Å²) in [6.45, 7) is 6.05. The van der Waals surface area contributed by atoms with Gasteiger partial charge in [-0.15, -0.1) is 11.3 Å². The summed E-state index contributed by atoms with van der Waals surface area (Å²) in [5.41, 5.74) is -0.503. The molecule has 0 atom stereocenters. The van der Waals surface area contributed by atoms with Crippen molar-refractivity contribution in [1.29, 1.82) is 0 Å². The first kappa shape index (κ1) is 20.7. The maximum absolute atomic E-state index is 12.3. The Bertz CT molecular complexity index is 689. The molecule has 6 nitrogen and oxygen atoms in total. The molecule has 2 rings (SSSR count). The van der Waals surface area contributed by atoms with E-state index in [9.17, 15) is 13.2 Å². The van der Waals surface area contributed by atoms with E-state index < -0.39 is 21.7 Å². The fraction of sp³-hybridized carbons (Fsp3) is 0.688. The molecule has 1 aliphatic carbocycles. The highest BCUT2D eigenvalue weighted by Gasteiger charge is 2.27. The van der Waals surface area contributed by atoms with Gasteiger partial charge in [-0.05, 0) is 80.4 Å². The number of carbonyl (C=O) groups excluding carboxylic acids is 1. The van der Waals surface area contributed by atoms with Crippen molar-refractivity contribution in [2.45, 2.75) is 62.3 Å². The summed E-state index contributed by atoms with van der Waals surface area (Å²) < 4.78 is 33.8. The van der Waals surface area contributed by atoms with E-state index in [4.69, 9.17) is 4.74 Å². The second-order valence-corrected chi connectivity index (χ2v) is 11.7. The highest BCUT2D eigenvalue weighted by molar-refractivity contribution is 9.11. The van der Waals surface area contributed by atoms with Crippen molar-refractivity contribution in [3.63, 3.8) is 0 Å². The van der Waals surface area contributed by atoms with Crippen LogP contribution in [0.1, 0.15) is 46.5 Å². The molecule has 0 spiro atoms. The van der Waals surface area contributed by atoms with Crippen LogP contribution in [0.25, 0.3) is 0 Å². The number of sulfonamides is 1. The Morgan fingerprint density at radius 2 is 1.92 bits per heavy atom. The summed E-state index contributed by atoms with van der Waals surface area (Å²) >= 11 is 4.49. The summed E-state index contributed by atoms with van der Waals surface area (Å²) in [4.78, 5) is 11.7. The SMILES string of the molecule is CC(C)(C)OC(=O)NCC1CCC(NS(=O)(=O)c2ccc(Br)s2)CC1. The third-order valence-corrected chi connectivity index (χ3v) is 7.55. The van der Waals surface area contributed by atoms with Crippen LogP contribution in [-0.2, 0) is 14.8 Å². The number of hydrogen-bond donors (Lipinski definition) is 2. The Morgan fingerprint density at radius 3 is 2.44 bits per heavy atom. The molecule has 2 N–H and O–H groups in total.